The average Bonchev–Trinajstić information content (AvgIpc) is 3.05. The Balaban J connectivity index is 1.91. The van der Waals surface area contributed by atoms with Crippen LogP contribution in [0.1, 0.15) is 6.23 Å². The lowest BCUT2D eigenvalue weighted by atomic mass is 10.2. The van der Waals surface area contributed by atoms with Gasteiger partial charge in [0.15, 0.2) is 29.9 Å². The molecule has 0 spiro atoms. The van der Waals surface area contributed by atoms with Crippen molar-refractivity contribution < 1.29 is 28.5 Å². The standard InChI is InChI=1S/C13H15N5O6/c1-21-12(19)8-9(13(20)22-2)24-6(3-23-8)18-5-17-7-10(14)15-4-16-11(7)18/h4-6,8-9H,3H2,1-2H3,(H2,14,15,16)/t6?,8-,9-/m1/s1. The number of aromatic nitrogens is 4. The van der Waals surface area contributed by atoms with Gasteiger partial charge in [0.05, 0.1) is 27.2 Å². The van der Waals surface area contributed by atoms with Crippen molar-refractivity contribution in [2.24, 2.45) is 0 Å². The molecule has 0 aliphatic carbocycles. The van der Waals surface area contributed by atoms with Gasteiger partial charge in [0.1, 0.15) is 11.8 Å². The molecule has 1 aliphatic heterocycles. The zero-order valence-electron chi connectivity index (χ0n) is 12.9. The molecule has 0 amide bonds. The summed E-state index contributed by atoms with van der Waals surface area (Å²) in [5.74, 6) is -1.27. The van der Waals surface area contributed by atoms with Crippen molar-refractivity contribution in [3.8, 4) is 0 Å². The van der Waals surface area contributed by atoms with Crippen molar-refractivity contribution in [1.82, 2.24) is 19.5 Å². The number of nitrogens with two attached hydrogens (primary N) is 1. The van der Waals surface area contributed by atoms with E-state index in [1.165, 1.54) is 31.4 Å². The van der Waals surface area contributed by atoms with Crippen molar-refractivity contribution in [1.29, 1.82) is 0 Å². The normalized spacial score (nSPS) is 23.8. The molecular formula is C13H15N5O6. The van der Waals surface area contributed by atoms with E-state index in [9.17, 15) is 9.59 Å². The summed E-state index contributed by atoms with van der Waals surface area (Å²) in [5.41, 5.74) is 6.55. The second kappa shape index (κ2) is 6.37. The molecule has 0 bridgehead atoms. The molecule has 2 aromatic heterocycles. The molecule has 0 aromatic carbocycles. The summed E-state index contributed by atoms with van der Waals surface area (Å²) in [4.78, 5) is 35.8. The lowest BCUT2D eigenvalue weighted by molar-refractivity contribution is -0.224. The number of hydrogen-bond donors (Lipinski definition) is 1. The molecule has 0 radical (unpaired) electrons. The van der Waals surface area contributed by atoms with E-state index in [0.29, 0.717) is 11.2 Å². The van der Waals surface area contributed by atoms with Crippen molar-refractivity contribution >= 4 is 28.9 Å². The predicted molar refractivity (Wildman–Crippen MR) is 77.4 cm³/mol. The van der Waals surface area contributed by atoms with Crippen LogP contribution in [0.5, 0.6) is 0 Å². The van der Waals surface area contributed by atoms with Crippen LogP contribution in [0.15, 0.2) is 12.7 Å². The number of imidazole rings is 1. The third kappa shape index (κ3) is 2.63. The van der Waals surface area contributed by atoms with E-state index in [-0.39, 0.29) is 12.4 Å². The predicted octanol–water partition coefficient (Wildman–Crippen LogP) is -0.963. The summed E-state index contributed by atoms with van der Waals surface area (Å²) in [7, 11) is 2.37. The van der Waals surface area contributed by atoms with Gasteiger partial charge >= 0.3 is 11.9 Å². The molecule has 11 nitrogen and oxygen atoms in total. The van der Waals surface area contributed by atoms with Crippen molar-refractivity contribution in [3.63, 3.8) is 0 Å². The molecule has 3 atom stereocenters. The minimum absolute atomic E-state index is 0.0252. The van der Waals surface area contributed by atoms with E-state index < -0.39 is 30.4 Å². The number of carbonyl (C=O) groups is 2. The third-order valence-electron chi connectivity index (χ3n) is 3.56. The van der Waals surface area contributed by atoms with Crippen molar-refractivity contribution in [2.45, 2.75) is 18.4 Å². The van der Waals surface area contributed by atoms with Crippen LogP contribution in [0.2, 0.25) is 0 Å². The van der Waals surface area contributed by atoms with Crippen LogP contribution in [-0.2, 0) is 28.5 Å². The van der Waals surface area contributed by atoms with Gasteiger partial charge in [-0.2, -0.15) is 0 Å². The van der Waals surface area contributed by atoms with Gasteiger partial charge in [-0.1, -0.05) is 0 Å². The molecule has 128 valence electrons. The van der Waals surface area contributed by atoms with E-state index in [1.54, 1.807) is 0 Å². The zero-order valence-corrected chi connectivity index (χ0v) is 12.9. The first kappa shape index (κ1) is 16.1. The van der Waals surface area contributed by atoms with Crippen LogP contribution in [0, 0.1) is 0 Å². The number of ether oxygens (including phenoxy) is 4. The SMILES string of the molecule is COC(=O)[C@@H]1OCC(n2cnc3c(N)ncnc32)O[C@H]1C(=O)OC. The highest BCUT2D eigenvalue weighted by Crippen LogP contribution is 2.27. The molecule has 24 heavy (non-hydrogen) atoms. The Bertz CT molecular complexity index is 777. The van der Waals surface area contributed by atoms with Crippen LogP contribution in [0.3, 0.4) is 0 Å². The maximum Gasteiger partial charge on any atom is 0.338 e. The molecule has 2 N–H and O–H groups in total. The Labute approximate surface area is 135 Å². The number of fused-ring (bicyclic) bond motifs is 1. The molecule has 3 heterocycles. The maximum atomic E-state index is 11.9. The first-order valence-electron chi connectivity index (χ1n) is 6.92. The van der Waals surface area contributed by atoms with E-state index in [4.69, 9.17) is 15.2 Å². The first-order valence-corrected chi connectivity index (χ1v) is 6.92. The Kier molecular flexibility index (Phi) is 4.27. The highest BCUT2D eigenvalue weighted by Gasteiger charge is 2.44. The van der Waals surface area contributed by atoms with Crippen LogP contribution < -0.4 is 5.73 Å². The quantitative estimate of drug-likeness (QED) is 0.696. The minimum Gasteiger partial charge on any atom is -0.467 e. The molecule has 3 rings (SSSR count). The molecule has 1 unspecified atom stereocenters. The first-order chi connectivity index (χ1) is 11.6. The van der Waals surface area contributed by atoms with Gasteiger partial charge < -0.3 is 24.7 Å². The fourth-order valence-electron chi connectivity index (χ4n) is 2.38. The van der Waals surface area contributed by atoms with E-state index >= 15 is 0 Å². The van der Waals surface area contributed by atoms with Crippen LogP contribution in [0.25, 0.3) is 11.2 Å². The number of carbonyl (C=O) groups excluding carboxylic acids is 2. The summed E-state index contributed by atoms with van der Waals surface area (Å²) < 4.78 is 22.0. The van der Waals surface area contributed by atoms with Gasteiger partial charge in [0.25, 0.3) is 0 Å². The number of methoxy groups -OCH3 is 2. The number of nitrogen functional groups attached to an aromatic ring is 1. The number of esters is 2. The van der Waals surface area contributed by atoms with Crippen LogP contribution in [0.4, 0.5) is 5.82 Å². The summed E-state index contributed by atoms with van der Waals surface area (Å²) in [5, 5.41) is 0. The Morgan fingerprint density at radius 1 is 1.21 bits per heavy atom. The highest BCUT2D eigenvalue weighted by molar-refractivity contribution is 5.86. The number of hydrogen-bond acceptors (Lipinski definition) is 10. The zero-order chi connectivity index (χ0) is 17.3. The lowest BCUT2D eigenvalue weighted by Crippen LogP contribution is -2.50. The van der Waals surface area contributed by atoms with E-state index in [2.05, 4.69) is 24.4 Å². The molecule has 0 saturated carbocycles. The second-order valence-corrected chi connectivity index (χ2v) is 4.89. The van der Waals surface area contributed by atoms with E-state index in [1.807, 2.05) is 0 Å². The molecular weight excluding hydrogens is 322 g/mol. The van der Waals surface area contributed by atoms with Crippen molar-refractivity contribution in [3.05, 3.63) is 12.7 Å². The number of nitrogens with zero attached hydrogens (tertiary/aromatic N) is 4. The Hall–Kier alpha value is -2.79. The van der Waals surface area contributed by atoms with Crippen LogP contribution in [-0.4, -0.2) is 64.5 Å². The number of rotatable bonds is 3. The number of anilines is 1. The highest BCUT2D eigenvalue weighted by atomic mass is 16.6. The molecule has 11 heteroatoms. The monoisotopic (exact) mass is 337 g/mol. The summed E-state index contributed by atoms with van der Waals surface area (Å²) >= 11 is 0. The second-order valence-electron chi connectivity index (χ2n) is 4.89. The average molecular weight is 337 g/mol. The van der Waals surface area contributed by atoms with Gasteiger partial charge in [0, 0.05) is 0 Å². The molecule has 2 aromatic rings. The summed E-state index contributed by atoms with van der Waals surface area (Å²) in [6.45, 7) is -0.0252. The minimum atomic E-state index is -1.28. The van der Waals surface area contributed by atoms with Gasteiger partial charge in [-0.3, -0.25) is 4.57 Å². The van der Waals surface area contributed by atoms with Gasteiger partial charge in [0.2, 0.25) is 0 Å². The fourth-order valence-corrected chi connectivity index (χ4v) is 2.38. The van der Waals surface area contributed by atoms with Crippen molar-refractivity contribution in [2.75, 3.05) is 26.6 Å². The Morgan fingerprint density at radius 2 is 1.92 bits per heavy atom. The largest absolute Gasteiger partial charge is 0.467 e. The molecule has 1 aliphatic rings. The smallest absolute Gasteiger partial charge is 0.338 e. The lowest BCUT2D eigenvalue weighted by Gasteiger charge is -2.33. The molecule has 1 fully saturated rings. The topological polar surface area (TPSA) is 141 Å². The Morgan fingerprint density at radius 3 is 2.62 bits per heavy atom. The van der Waals surface area contributed by atoms with Gasteiger partial charge in [-0.05, 0) is 0 Å². The summed E-state index contributed by atoms with van der Waals surface area (Å²) in [6.07, 6.45) is -0.522. The van der Waals surface area contributed by atoms with Gasteiger partial charge in [-0.15, -0.1) is 0 Å². The summed E-state index contributed by atoms with van der Waals surface area (Å²) in [6, 6.07) is 0. The maximum absolute atomic E-state index is 11.9. The van der Waals surface area contributed by atoms with Crippen LogP contribution >= 0.6 is 0 Å². The van der Waals surface area contributed by atoms with E-state index in [0.717, 1.165) is 0 Å². The van der Waals surface area contributed by atoms with Gasteiger partial charge in [-0.25, -0.2) is 24.5 Å². The molecule has 1 saturated heterocycles. The third-order valence-corrected chi connectivity index (χ3v) is 3.56. The fraction of sp³-hybridized carbons (Fsp3) is 0.462.